The highest BCUT2D eigenvalue weighted by Gasteiger charge is 2.40. The molecule has 2 aliphatic rings. The van der Waals surface area contributed by atoms with Gasteiger partial charge >= 0.3 is 0 Å². The monoisotopic (exact) mass is 382 g/mol. The van der Waals surface area contributed by atoms with Gasteiger partial charge in [-0.25, -0.2) is 13.1 Å². The summed E-state index contributed by atoms with van der Waals surface area (Å²) in [5.41, 5.74) is 0.823. The summed E-state index contributed by atoms with van der Waals surface area (Å²) >= 11 is 0. The lowest BCUT2D eigenvalue weighted by Gasteiger charge is -2.46. The van der Waals surface area contributed by atoms with E-state index in [1.54, 1.807) is 10.6 Å². The summed E-state index contributed by atoms with van der Waals surface area (Å²) in [6.07, 6.45) is 2.01. The molecule has 0 aliphatic carbocycles. The Balaban J connectivity index is 1.88. The van der Waals surface area contributed by atoms with E-state index in [2.05, 4.69) is 14.9 Å². The van der Waals surface area contributed by atoms with Gasteiger partial charge in [0.2, 0.25) is 15.9 Å². The highest BCUT2D eigenvalue weighted by Crippen LogP contribution is 2.40. The molecular formula is C17H26N4O4S. The first kappa shape index (κ1) is 19.1. The van der Waals surface area contributed by atoms with Gasteiger partial charge in [-0.15, -0.1) is 0 Å². The molecule has 1 amide bonds. The highest BCUT2D eigenvalue weighted by atomic mass is 32.2. The number of rotatable bonds is 6. The lowest BCUT2D eigenvalue weighted by molar-refractivity contribution is -0.122. The smallest absolute Gasteiger partial charge is 0.251 e. The van der Waals surface area contributed by atoms with Crippen LogP contribution in [0.25, 0.3) is 0 Å². The van der Waals surface area contributed by atoms with Crippen LogP contribution in [0.2, 0.25) is 0 Å². The molecule has 0 aromatic carbocycles. The molecule has 2 bridgehead atoms. The minimum absolute atomic E-state index is 0.0104. The van der Waals surface area contributed by atoms with E-state index in [0.29, 0.717) is 19.6 Å². The number of likely N-dealkylation sites (N-methyl/N-ethyl adjacent to an activating group) is 1. The van der Waals surface area contributed by atoms with Gasteiger partial charge in [0.25, 0.3) is 5.56 Å². The third kappa shape index (κ3) is 4.16. The zero-order valence-corrected chi connectivity index (χ0v) is 16.0. The summed E-state index contributed by atoms with van der Waals surface area (Å²) in [5, 5.41) is 2.82. The molecule has 0 spiro atoms. The maximum absolute atomic E-state index is 12.5. The summed E-state index contributed by atoms with van der Waals surface area (Å²) in [5.74, 6) is 0.278. The number of piperidine rings is 1. The number of fused-ring (bicyclic) bond motifs is 4. The average Bonchev–Trinajstić information content (AvgIpc) is 2.54. The van der Waals surface area contributed by atoms with E-state index in [1.807, 2.05) is 13.0 Å². The number of nitrogens with one attached hydrogen (secondary N) is 2. The summed E-state index contributed by atoms with van der Waals surface area (Å²) in [6, 6.07) is 4.95. The molecule has 3 atom stereocenters. The zero-order chi connectivity index (χ0) is 18.9. The second-order valence-corrected chi connectivity index (χ2v) is 9.02. The Morgan fingerprint density at radius 3 is 2.77 bits per heavy atom. The van der Waals surface area contributed by atoms with Gasteiger partial charge in [0.15, 0.2) is 0 Å². The van der Waals surface area contributed by atoms with Gasteiger partial charge in [-0.2, -0.15) is 0 Å². The number of carbonyl (C=O) groups is 1. The second kappa shape index (κ2) is 7.50. The number of hydrogen-bond donors (Lipinski definition) is 2. The van der Waals surface area contributed by atoms with Crippen LogP contribution in [0.15, 0.2) is 23.0 Å². The number of hydrogen-bond acceptors (Lipinski definition) is 5. The number of aromatic nitrogens is 1. The summed E-state index contributed by atoms with van der Waals surface area (Å²) < 4.78 is 27.4. The molecule has 0 radical (unpaired) electrons. The Hall–Kier alpha value is -1.71. The summed E-state index contributed by atoms with van der Waals surface area (Å²) in [7, 11) is -3.35. The predicted octanol–water partition coefficient (Wildman–Crippen LogP) is -0.506. The third-order valence-corrected chi connectivity index (χ3v) is 5.86. The van der Waals surface area contributed by atoms with Crippen LogP contribution in [0.1, 0.15) is 31.0 Å². The molecule has 3 heterocycles. The van der Waals surface area contributed by atoms with Crippen molar-refractivity contribution < 1.29 is 13.2 Å². The van der Waals surface area contributed by atoms with Gasteiger partial charge in [-0.05, 0) is 25.3 Å². The topological polar surface area (TPSA) is 101 Å². The van der Waals surface area contributed by atoms with Crippen LogP contribution in [0.4, 0.5) is 0 Å². The maximum Gasteiger partial charge on any atom is 0.251 e. The van der Waals surface area contributed by atoms with Crippen molar-refractivity contribution in [2.75, 3.05) is 39.0 Å². The molecule has 2 N–H and O–H groups in total. The fraction of sp³-hybridized carbons (Fsp3) is 0.647. The SMILES string of the molecule is CCNC(=O)CN1C[C@H]2C[C@@H](C1)[C@H](CNS(C)(=O)=O)n1c2cccc1=O. The Morgan fingerprint density at radius 1 is 1.31 bits per heavy atom. The van der Waals surface area contributed by atoms with Crippen LogP contribution >= 0.6 is 0 Å². The molecule has 9 heteroatoms. The number of sulfonamides is 1. The Bertz CT molecular complexity index is 835. The standard InChI is InChI=1S/C17H26N4O4S/c1-3-18-16(22)11-20-9-12-7-13(10-20)15(8-19-26(2,24)25)21-14(12)5-4-6-17(21)23/h4-6,12-13,15,19H,3,7-11H2,1-2H3,(H,18,22)/t12-,13+,15+/m1/s1. The van der Waals surface area contributed by atoms with Gasteiger partial charge in [-0.3, -0.25) is 14.5 Å². The number of amides is 1. The summed E-state index contributed by atoms with van der Waals surface area (Å²) in [6.45, 7) is 4.39. The largest absolute Gasteiger partial charge is 0.355 e. The van der Waals surface area contributed by atoms with Crippen molar-refractivity contribution in [2.45, 2.75) is 25.3 Å². The Morgan fingerprint density at radius 2 is 2.08 bits per heavy atom. The Labute approximate surface area is 153 Å². The van der Waals surface area contributed by atoms with E-state index in [4.69, 9.17) is 0 Å². The predicted molar refractivity (Wildman–Crippen MR) is 98.6 cm³/mol. The van der Waals surface area contributed by atoms with Crippen molar-refractivity contribution in [1.29, 1.82) is 0 Å². The molecule has 1 fully saturated rings. The normalized spacial score (nSPS) is 25.5. The first-order valence-electron chi connectivity index (χ1n) is 8.93. The number of nitrogens with zero attached hydrogens (tertiary/aromatic N) is 2. The molecule has 144 valence electrons. The molecule has 1 aromatic rings. The summed E-state index contributed by atoms with van der Waals surface area (Å²) in [4.78, 5) is 26.6. The maximum atomic E-state index is 12.5. The lowest BCUT2D eigenvalue weighted by Crippen LogP contribution is -2.53. The molecule has 3 rings (SSSR count). The molecule has 0 saturated carbocycles. The molecular weight excluding hydrogens is 356 g/mol. The van der Waals surface area contributed by atoms with Gasteiger partial charge in [0.1, 0.15) is 0 Å². The van der Waals surface area contributed by atoms with Crippen LogP contribution in [-0.2, 0) is 14.8 Å². The van der Waals surface area contributed by atoms with E-state index in [9.17, 15) is 18.0 Å². The molecule has 0 unspecified atom stereocenters. The molecule has 1 aromatic heterocycles. The van der Waals surface area contributed by atoms with Crippen molar-refractivity contribution in [1.82, 2.24) is 19.5 Å². The van der Waals surface area contributed by atoms with Crippen LogP contribution < -0.4 is 15.6 Å². The van der Waals surface area contributed by atoms with Crippen LogP contribution in [0.5, 0.6) is 0 Å². The van der Waals surface area contributed by atoms with Crippen molar-refractivity contribution >= 4 is 15.9 Å². The number of pyridine rings is 1. The molecule has 26 heavy (non-hydrogen) atoms. The fourth-order valence-corrected chi connectivity index (χ4v) is 4.69. The van der Waals surface area contributed by atoms with Crippen molar-refractivity contribution in [2.24, 2.45) is 5.92 Å². The third-order valence-electron chi connectivity index (χ3n) is 5.17. The van der Waals surface area contributed by atoms with Crippen molar-refractivity contribution in [3.8, 4) is 0 Å². The minimum Gasteiger partial charge on any atom is -0.355 e. The van der Waals surface area contributed by atoms with E-state index in [0.717, 1.165) is 24.9 Å². The fourth-order valence-electron chi connectivity index (χ4n) is 4.22. The van der Waals surface area contributed by atoms with E-state index in [1.165, 1.54) is 6.07 Å². The van der Waals surface area contributed by atoms with Gasteiger partial charge in [0.05, 0.1) is 18.8 Å². The quantitative estimate of drug-likeness (QED) is 0.690. The zero-order valence-electron chi connectivity index (χ0n) is 15.1. The molecule has 8 nitrogen and oxygen atoms in total. The van der Waals surface area contributed by atoms with Crippen molar-refractivity contribution in [3.05, 3.63) is 34.2 Å². The second-order valence-electron chi connectivity index (χ2n) is 7.19. The molecule has 1 saturated heterocycles. The molecule has 2 aliphatic heterocycles. The van der Waals surface area contributed by atoms with Crippen LogP contribution in [0, 0.1) is 5.92 Å². The minimum atomic E-state index is -3.35. The average molecular weight is 382 g/mol. The number of likely N-dealkylation sites (tertiary alicyclic amines) is 1. The van der Waals surface area contributed by atoms with Crippen LogP contribution in [-0.4, -0.2) is 62.8 Å². The first-order chi connectivity index (χ1) is 12.3. The van der Waals surface area contributed by atoms with E-state index >= 15 is 0 Å². The first-order valence-corrected chi connectivity index (χ1v) is 10.8. The van der Waals surface area contributed by atoms with E-state index in [-0.39, 0.29) is 35.9 Å². The Kier molecular flexibility index (Phi) is 5.50. The van der Waals surface area contributed by atoms with Gasteiger partial charge < -0.3 is 9.88 Å². The number of carbonyl (C=O) groups excluding carboxylic acids is 1. The van der Waals surface area contributed by atoms with Crippen molar-refractivity contribution in [3.63, 3.8) is 0 Å². The van der Waals surface area contributed by atoms with Gasteiger partial charge in [-0.1, -0.05) is 6.07 Å². The highest BCUT2D eigenvalue weighted by molar-refractivity contribution is 7.88. The van der Waals surface area contributed by atoms with Crippen LogP contribution in [0.3, 0.4) is 0 Å². The van der Waals surface area contributed by atoms with Gasteiger partial charge in [0, 0.05) is 43.9 Å². The van der Waals surface area contributed by atoms with E-state index < -0.39 is 10.0 Å². The lowest BCUT2D eigenvalue weighted by atomic mass is 9.78.